The van der Waals surface area contributed by atoms with E-state index in [1.807, 2.05) is 44.9 Å². The van der Waals surface area contributed by atoms with E-state index >= 15 is 0 Å². The Hall–Kier alpha value is -3.63. The average molecular weight is 479 g/mol. The fourth-order valence-corrected chi connectivity index (χ4v) is 4.46. The van der Waals surface area contributed by atoms with Crippen molar-refractivity contribution in [3.05, 3.63) is 52.8 Å². The largest absolute Gasteiger partial charge is 0.491 e. The number of hydrogen-bond acceptors (Lipinski definition) is 9. The number of aryl methyl sites for hydroxylation is 3. The molecular weight excluding hydrogens is 452 g/mol. The number of anilines is 2. The molecule has 0 aliphatic carbocycles. The normalized spacial score (nSPS) is 11.0. The summed E-state index contributed by atoms with van der Waals surface area (Å²) in [5.74, 6) is 1.49. The minimum atomic E-state index is -0.177. The van der Waals surface area contributed by atoms with Gasteiger partial charge in [-0.3, -0.25) is 14.8 Å². The third-order valence-corrected chi connectivity index (χ3v) is 6.37. The molecule has 10 heteroatoms. The predicted molar refractivity (Wildman–Crippen MR) is 134 cm³/mol. The third-order valence-electron chi connectivity index (χ3n) is 5.27. The van der Waals surface area contributed by atoms with Crippen LogP contribution in [-0.2, 0) is 4.79 Å². The zero-order valence-corrected chi connectivity index (χ0v) is 20.3. The van der Waals surface area contributed by atoms with Crippen LogP contribution in [0.15, 0.2) is 36.7 Å². The lowest BCUT2D eigenvalue weighted by Gasteiger charge is -2.20. The minimum Gasteiger partial charge on any atom is -0.491 e. The molecular formula is C24H26N6O3S. The summed E-state index contributed by atoms with van der Waals surface area (Å²) in [5.41, 5.74) is 3.16. The lowest BCUT2D eigenvalue weighted by Crippen LogP contribution is -2.31. The molecule has 0 bridgehead atoms. The zero-order chi connectivity index (χ0) is 24.2. The highest BCUT2D eigenvalue weighted by atomic mass is 32.1. The van der Waals surface area contributed by atoms with Crippen molar-refractivity contribution in [1.29, 1.82) is 0 Å². The van der Waals surface area contributed by atoms with Crippen molar-refractivity contribution >= 4 is 39.0 Å². The molecule has 0 unspecified atom stereocenters. The maximum Gasteiger partial charge on any atom is 0.243 e. The number of aliphatic hydroxyl groups excluding tert-OH is 1. The van der Waals surface area contributed by atoms with E-state index in [2.05, 4.69) is 15.3 Å². The molecule has 0 atom stereocenters. The van der Waals surface area contributed by atoms with Crippen molar-refractivity contribution in [2.45, 2.75) is 20.8 Å². The first-order chi connectivity index (χ1) is 16.4. The van der Waals surface area contributed by atoms with Gasteiger partial charge in [0, 0.05) is 29.9 Å². The summed E-state index contributed by atoms with van der Waals surface area (Å²) in [4.78, 5) is 34.7. The average Bonchev–Trinajstić information content (AvgIpc) is 3.12. The van der Waals surface area contributed by atoms with Crippen LogP contribution in [0.1, 0.15) is 16.1 Å². The standard InChI is InChI=1S/C24H26N6O3S/c1-14-5-6-17(12-26-14)27-20(32)13-30(4)23-21-15(2)16(3)34-24(21)29-22(28-23)19-11-18(7-8-25-19)33-10-9-31/h5-8,11-12,31H,9-10,13H2,1-4H3,(H,27,32). The van der Waals surface area contributed by atoms with Crippen LogP contribution >= 0.6 is 11.3 Å². The summed E-state index contributed by atoms with van der Waals surface area (Å²) in [5, 5.41) is 12.8. The van der Waals surface area contributed by atoms with Gasteiger partial charge in [0.15, 0.2) is 5.82 Å². The molecule has 9 nitrogen and oxygen atoms in total. The second-order valence-corrected chi connectivity index (χ2v) is 9.08. The van der Waals surface area contributed by atoms with Gasteiger partial charge in [-0.15, -0.1) is 11.3 Å². The molecule has 0 aliphatic rings. The monoisotopic (exact) mass is 478 g/mol. The Kier molecular flexibility index (Phi) is 6.99. The number of carbonyl (C=O) groups excluding carboxylic acids is 1. The predicted octanol–water partition coefficient (Wildman–Crippen LogP) is 3.52. The second-order valence-electron chi connectivity index (χ2n) is 7.88. The quantitative estimate of drug-likeness (QED) is 0.395. The molecule has 0 spiro atoms. The molecule has 2 N–H and O–H groups in total. The fraction of sp³-hybridized carbons (Fsp3) is 0.292. The number of thiophene rings is 1. The molecule has 1 amide bonds. The highest BCUT2D eigenvalue weighted by Crippen LogP contribution is 2.36. The molecule has 0 saturated carbocycles. The van der Waals surface area contributed by atoms with E-state index in [1.165, 1.54) is 0 Å². The van der Waals surface area contributed by atoms with Crippen LogP contribution in [0, 0.1) is 20.8 Å². The van der Waals surface area contributed by atoms with Gasteiger partial charge in [-0.2, -0.15) is 0 Å². The first-order valence-electron chi connectivity index (χ1n) is 10.8. The first kappa shape index (κ1) is 23.5. The number of ether oxygens (including phenoxy) is 1. The molecule has 0 aliphatic heterocycles. The number of likely N-dealkylation sites (N-methyl/N-ethyl adjacent to an activating group) is 1. The molecule has 0 radical (unpaired) electrons. The smallest absolute Gasteiger partial charge is 0.243 e. The number of rotatable bonds is 8. The maximum atomic E-state index is 12.7. The number of aromatic nitrogens is 4. The molecule has 4 heterocycles. The Labute approximate surface area is 201 Å². The molecule has 0 fully saturated rings. The molecule has 0 saturated heterocycles. The van der Waals surface area contributed by atoms with E-state index in [9.17, 15) is 4.79 Å². The second kappa shape index (κ2) is 10.1. The molecule has 4 aromatic heterocycles. The highest BCUT2D eigenvalue weighted by Gasteiger charge is 2.20. The summed E-state index contributed by atoms with van der Waals surface area (Å²) < 4.78 is 5.51. The maximum absolute atomic E-state index is 12.7. The summed E-state index contributed by atoms with van der Waals surface area (Å²) >= 11 is 1.58. The van der Waals surface area contributed by atoms with E-state index in [-0.39, 0.29) is 25.7 Å². The number of amides is 1. The summed E-state index contributed by atoms with van der Waals surface area (Å²) in [6, 6.07) is 7.13. The number of hydrogen-bond donors (Lipinski definition) is 2. The molecule has 0 aromatic carbocycles. The lowest BCUT2D eigenvalue weighted by molar-refractivity contribution is -0.114. The van der Waals surface area contributed by atoms with E-state index in [1.54, 1.807) is 35.9 Å². The Morgan fingerprint density at radius 2 is 2.00 bits per heavy atom. The van der Waals surface area contributed by atoms with E-state index in [0.29, 0.717) is 28.8 Å². The third kappa shape index (κ3) is 5.13. The molecule has 34 heavy (non-hydrogen) atoms. The number of aliphatic hydroxyl groups is 1. The topological polar surface area (TPSA) is 113 Å². The first-order valence-corrected chi connectivity index (χ1v) is 11.6. The van der Waals surface area contributed by atoms with Crippen molar-refractivity contribution in [2.24, 2.45) is 0 Å². The number of nitrogens with one attached hydrogen (secondary N) is 1. The summed E-state index contributed by atoms with van der Waals surface area (Å²) in [6.07, 6.45) is 3.26. The van der Waals surface area contributed by atoms with Crippen molar-refractivity contribution < 1.29 is 14.6 Å². The number of pyridine rings is 2. The van der Waals surface area contributed by atoms with Gasteiger partial charge in [-0.1, -0.05) is 0 Å². The van der Waals surface area contributed by atoms with Gasteiger partial charge in [0.1, 0.15) is 28.7 Å². The van der Waals surface area contributed by atoms with Crippen LogP contribution in [0.2, 0.25) is 0 Å². The Balaban J connectivity index is 1.67. The fourth-order valence-electron chi connectivity index (χ4n) is 3.44. The van der Waals surface area contributed by atoms with Gasteiger partial charge < -0.3 is 20.1 Å². The summed E-state index contributed by atoms with van der Waals surface area (Å²) in [6.45, 7) is 6.18. The van der Waals surface area contributed by atoms with Crippen LogP contribution in [0.5, 0.6) is 5.75 Å². The van der Waals surface area contributed by atoms with Crippen molar-refractivity contribution in [2.75, 3.05) is 37.0 Å². The van der Waals surface area contributed by atoms with Crippen LogP contribution < -0.4 is 15.0 Å². The van der Waals surface area contributed by atoms with Gasteiger partial charge in [-0.05, 0) is 44.5 Å². The van der Waals surface area contributed by atoms with Gasteiger partial charge in [0.05, 0.1) is 30.4 Å². The van der Waals surface area contributed by atoms with Gasteiger partial charge >= 0.3 is 0 Å². The van der Waals surface area contributed by atoms with Crippen LogP contribution in [0.25, 0.3) is 21.7 Å². The number of carbonyl (C=O) groups is 1. The van der Waals surface area contributed by atoms with Crippen molar-refractivity contribution in [3.8, 4) is 17.3 Å². The SMILES string of the molecule is Cc1ccc(NC(=O)CN(C)c2nc(-c3cc(OCCO)ccn3)nc3sc(C)c(C)c23)cn1. The minimum absolute atomic E-state index is 0.0798. The molecule has 4 rings (SSSR count). The van der Waals surface area contributed by atoms with Crippen LogP contribution in [0.3, 0.4) is 0 Å². The Bertz CT molecular complexity index is 1320. The van der Waals surface area contributed by atoms with Crippen molar-refractivity contribution in [3.63, 3.8) is 0 Å². The number of fused-ring (bicyclic) bond motifs is 1. The highest BCUT2D eigenvalue weighted by molar-refractivity contribution is 7.18. The Morgan fingerprint density at radius 1 is 1.18 bits per heavy atom. The van der Waals surface area contributed by atoms with Gasteiger partial charge in [0.25, 0.3) is 0 Å². The Morgan fingerprint density at radius 3 is 2.74 bits per heavy atom. The lowest BCUT2D eigenvalue weighted by atomic mass is 10.2. The van der Waals surface area contributed by atoms with Gasteiger partial charge in [0.2, 0.25) is 5.91 Å². The van der Waals surface area contributed by atoms with E-state index in [0.717, 1.165) is 26.4 Å². The van der Waals surface area contributed by atoms with Crippen molar-refractivity contribution in [1.82, 2.24) is 19.9 Å². The van der Waals surface area contributed by atoms with Gasteiger partial charge in [-0.25, -0.2) is 9.97 Å². The summed E-state index contributed by atoms with van der Waals surface area (Å²) in [7, 11) is 1.83. The van der Waals surface area contributed by atoms with Crippen LogP contribution in [-0.4, -0.2) is 57.8 Å². The number of nitrogens with zero attached hydrogens (tertiary/aromatic N) is 5. The zero-order valence-electron chi connectivity index (χ0n) is 19.5. The van der Waals surface area contributed by atoms with E-state index < -0.39 is 0 Å². The van der Waals surface area contributed by atoms with E-state index in [4.69, 9.17) is 19.8 Å². The molecule has 4 aromatic rings. The van der Waals surface area contributed by atoms with Crippen LogP contribution in [0.4, 0.5) is 11.5 Å². The molecule has 176 valence electrons.